The molecule has 1 aromatic rings. The molecule has 0 spiro atoms. The van der Waals surface area contributed by atoms with Crippen LogP contribution in [0.15, 0.2) is 5.16 Å². The monoisotopic (exact) mass is 299 g/mol. The number of nitrogens with one attached hydrogen (secondary N) is 1. The number of ether oxygens (including phenoxy) is 1. The molecule has 7 heteroatoms. The Labute approximate surface area is 125 Å². The Bertz CT molecular complexity index is 409. The third-order valence-electron chi connectivity index (χ3n) is 3.38. The van der Waals surface area contributed by atoms with E-state index in [1.807, 2.05) is 4.68 Å². The van der Waals surface area contributed by atoms with E-state index in [4.69, 9.17) is 4.74 Å². The Morgan fingerprint density at radius 1 is 1.45 bits per heavy atom. The average Bonchev–Trinajstić information content (AvgIpc) is 2.98. The molecule has 1 aliphatic heterocycles. The Balaban J connectivity index is 1.74. The van der Waals surface area contributed by atoms with Crippen LogP contribution in [-0.4, -0.2) is 50.8 Å². The fourth-order valence-electron chi connectivity index (χ4n) is 2.29. The highest BCUT2D eigenvalue weighted by atomic mass is 32.2. The molecule has 1 aromatic heterocycles. The van der Waals surface area contributed by atoms with Gasteiger partial charge in [-0.05, 0) is 50.1 Å². The smallest absolute Gasteiger partial charge is 0.209 e. The summed E-state index contributed by atoms with van der Waals surface area (Å²) >= 11 is 1.69. The van der Waals surface area contributed by atoms with E-state index < -0.39 is 0 Å². The van der Waals surface area contributed by atoms with Crippen LogP contribution in [-0.2, 0) is 11.3 Å². The molecule has 114 valence electrons. The molecule has 0 amide bonds. The van der Waals surface area contributed by atoms with Gasteiger partial charge in [-0.2, -0.15) is 0 Å². The van der Waals surface area contributed by atoms with Crippen LogP contribution in [0.2, 0.25) is 0 Å². The van der Waals surface area contributed by atoms with Gasteiger partial charge in [0.25, 0.3) is 0 Å². The van der Waals surface area contributed by atoms with Crippen LogP contribution >= 0.6 is 11.8 Å². The molecule has 1 N–H and O–H groups in total. The first-order valence-corrected chi connectivity index (χ1v) is 8.37. The Morgan fingerprint density at radius 2 is 2.30 bits per heavy atom. The summed E-state index contributed by atoms with van der Waals surface area (Å²) in [5.41, 5.74) is 0.0290. The molecule has 0 bridgehead atoms. The van der Waals surface area contributed by atoms with E-state index in [0.29, 0.717) is 6.10 Å². The minimum atomic E-state index is 0.0290. The van der Waals surface area contributed by atoms with E-state index >= 15 is 0 Å². The predicted molar refractivity (Wildman–Crippen MR) is 79.9 cm³/mol. The van der Waals surface area contributed by atoms with E-state index in [1.165, 1.54) is 0 Å². The van der Waals surface area contributed by atoms with Crippen molar-refractivity contribution in [3.05, 3.63) is 0 Å². The lowest BCUT2D eigenvalue weighted by Crippen LogP contribution is -2.22. The van der Waals surface area contributed by atoms with Crippen molar-refractivity contribution in [2.24, 2.45) is 0 Å². The van der Waals surface area contributed by atoms with Gasteiger partial charge in [0.1, 0.15) is 0 Å². The molecule has 0 aromatic carbocycles. The molecule has 0 saturated carbocycles. The van der Waals surface area contributed by atoms with Crippen LogP contribution in [0.1, 0.15) is 40.0 Å². The van der Waals surface area contributed by atoms with Gasteiger partial charge in [-0.25, -0.2) is 4.68 Å². The van der Waals surface area contributed by atoms with Gasteiger partial charge in [0.2, 0.25) is 5.16 Å². The number of rotatable bonds is 8. The summed E-state index contributed by atoms with van der Waals surface area (Å²) in [6.07, 6.45) is 3.72. The molecule has 1 unspecified atom stereocenters. The number of tetrazole rings is 1. The Hall–Kier alpha value is -0.660. The molecule has 2 rings (SSSR count). The summed E-state index contributed by atoms with van der Waals surface area (Å²) < 4.78 is 7.86. The van der Waals surface area contributed by atoms with Gasteiger partial charge in [-0.15, -0.1) is 5.10 Å². The first kappa shape index (κ1) is 15.7. The molecule has 2 heterocycles. The molecule has 1 fully saturated rings. The first-order chi connectivity index (χ1) is 9.61. The molecule has 20 heavy (non-hydrogen) atoms. The largest absolute Gasteiger partial charge is 0.371 e. The number of hydrogen-bond donors (Lipinski definition) is 1. The van der Waals surface area contributed by atoms with Crippen molar-refractivity contribution < 1.29 is 4.74 Å². The second-order valence-electron chi connectivity index (χ2n) is 5.78. The van der Waals surface area contributed by atoms with Gasteiger partial charge < -0.3 is 10.1 Å². The SMILES string of the molecule is CCCNCCn1nnnc1SCC1CCC(C)(C)O1. The number of hydrogen-bond acceptors (Lipinski definition) is 6. The van der Waals surface area contributed by atoms with E-state index in [2.05, 4.69) is 41.6 Å². The molecular formula is C13H25N5OS. The van der Waals surface area contributed by atoms with Gasteiger partial charge in [-0.3, -0.25) is 0 Å². The van der Waals surface area contributed by atoms with Crippen molar-refractivity contribution in [2.45, 2.75) is 63.4 Å². The van der Waals surface area contributed by atoms with Gasteiger partial charge in [-0.1, -0.05) is 18.7 Å². The topological polar surface area (TPSA) is 64.9 Å². The summed E-state index contributed by atoms with van der Waals surface area (Å²) in [7, 11) is 0. The molecular weight excluding hydrogens is 274 g/mol. The van der Waals surface area contributed by atoms with Crippen LogP contribution < -0.4 is 5.32 Å². The Morgan fingerprint density at radius 3 is 3.00 bits per heavy atom. The highest BCUT2D eigenvalue weighted by Crippen LogP contribution is 2.32. The fourth-order valence-corrected chi connectivity index (χ4v) is 3.23. The number of nitrogens with zero attached hydrogens (tertiary/aromatic N) is 4. The lowest BCUT2D eigenvalue weighted by molar-refractivity contribution is -0.00469. The third kappa shape index (κ3) is 4.71. The van der Waals surface area contributed by atoms with E-state index in [-0.39, 0.29) is 5.60 Å². The summed E-state index contributed by atoms with van der Waals surface area (Å²) in [4.78, 5) is 0. The van der Waals surface area contributed by atoms with Crippen LogP contribution in [0.4, 0.5) is 0 Å². The second kappa shape index (κ2) is 7.38. The summed E-state index contributed by atoms with van der Waals surface area (Å²) in [6.45, 7) is 9.22. The molecule has 0 radical (unpaired) electrons. The van der Waals surface area contributed by atoms with Crippen LogP contribution in [0, 0.1) is 0 Å². The van der Waals surface area contributed by atoms with Gasteiger partial charge in [0, 0.05) is 12.3 Å². The van der Waals surface area contributed by atoms with Crippen molar-refractivity contribution in [2.75, 3.05) is 18.8 Å². The lowest BCUT2D eigenvalue weighted by Gasteiger charge is -2.18. The summed E-state index contributed by atoms with van der Waals surface area (Å²) in [5.74, 6) is 0.923. The Kier molecular flexibility index (Phi) is 5.80. The van der Waals surface area contributed by atoms with Crippen molar-refractivity contribution in [3.8, 4) is 0 Å². The standard InChI is InChI=1S/C13H25N5OS/c1-4-7-14-8-9-18-12(15-16-17-18)20-10-11-5-6-13(2,3)19-11/h11,14H,4-10H2,1-3H3. The van der Waals surface area contributed by atoms with Crippen molar-refractivity contribution in [1.29, 1.82) is 0 Å². The highest BCUT2D eigenvalue weighted by Gasteiger charge is 2.31. The zero-order chi connectivity index (χ0) is 14.4. The minimum absolute atomic E-state index is 0.0290. The zero-order valence-electron chi connectivity index (χ0n) is 12.6. The molecule has 1 aliphatic rings. The maximum Gasteiger partial charge on any atom is 0.209 e. The summed E-state index contributed by atoms with van der Waals surface area (Å²) in [5, 5.41) is 16.1. The zero-order valence-corrected chi connectivity index (χ0v) is 13.4. The maximum atomic E-state index is 5.99. The molecule has 0 aliphatic carbocycles. The van der Waals surface area contributed by atoms with Crippen LogP contribution in [0.3, 0.4) is 0 Å². The normalized spacial score (nSPS) is 21.4. The number of thioether (sulfide) groups is 1. The number of aromatic nitrogens is 4. The highest BCUT2D eigenvalue weighted by molar-refractivity contribution is 7.99. The quantitative estimate of drug-likeness (QED) is 0.582. The van der Waals surface area contributed by atoms with Crippen molar-refractivity contribution in [1.82, 2.24) is 25.5 Å². The maximum absolute atomic E-state index is 5.99. The lowest BCUT2D eigenvalue weighted by atomic mass is 10.1. The van der Waals surface area contributed by atoms with E-state index in [1.54, 1.807) is 11.8 Å². The first-order valence-electron chi connectivity index (χ1n) is 7.38. The van der Waals surface area contributed by atoms with Gasteiger partial charge in [0.15, 0.2) is 0 Å². The summed E-state index contributed by atoms with van der Waals surface area (Å²) in [6, 6.07) is 0. The van der Waals surface area contributed by atoms with Crippen LogP contribution in [0.5, 0.6) is 0 Å². The van der Waals surface area contributed by atoms with Crippen molar-refractivity contribution >= 4 is 11.8 Å². The minimum Gasteiger partial charge on any atom is -0.371 e. The van der Waals surface area contributed by atoms with Gasteiger partial charge >= 0.3 is 0 Å². The third-order valence-corrected chi connectivity index (χ3v) is 4.47. The molecule has 1 saturated heterocycles. The van der Waals surface area contributed by atoms with E-state index in [9.17, 15) is 0 Å². The fraction of sp³-hybridized carbons (Fsp3) is 0.923. The average molecular weight is 299 g/mol. The molecule has 1 atom stereocenters. The molecule has 6 nitrogen and oxygen atoms in total. The second-order valence-corrected chi connectivity index (χ2v) is 6.77. The predicted octanol–water partition coefficient (Wildman–Crippen LogP) is 1.72. The van der Waals surface area contributed by atoms with E-state index in [0.717, 1.165) is 49.8 Å². The van der Waals surface area contributed by atoms with Crippen molar-refractivity contribution in [3.63, 3.8) is 0 Å². The van der Waals surface area contributed by atoms with Gasteiger partial charge in [0.05, 0.1) is 18.2 Å². The van der Waals surface area contributed by atoms with Crippen LogP contribution in [0.25, 0.3) is 0 Å².